The van der Waals surface area contributed by atoms with Crippen LogP contribution >= 0.6 is 24.0 Å². The largest absolute Gasteiger partial charge is 0.381 e. The summed E-state index contributed by atoms with van der Waals surface area (Å²) in [5.41, 5.74) is 0.414. The first kappa shape index (κ1) is 20.6. The predicted molar refractivity (Wildman–Crippen MR) is 115 cm³/mol. The zero-order chi connectivity index (χ0) is 17.3. The van der Waals surface area contributed by atoms with Gasteiger partial charge in [0.25, 0.3) is 0 Å². The summed E-state index contributed by atoms with van der Waals surface area (Å²) in [6.07, 6.45) is 9.44. The van der Waals surface area contributed by atoms with Crippen molar-refractivity contribution in [3.05, 3.63) is 0 Å². The maximum absolute atomic E-state index is 6.06. The predicted octanol–water partition coefficient (Wildman–Crippen LogP) is 3.28. The van der Waals surface area contributed by atoms with Crippen molar-refractivity contribution >= 4 is 29.9 Å². The van der Waals surface area contributed by atoms with E-state index in [9.17, 15) is 0 Å². The van der Waals surface area contributed by atoms with E-state index < -0.39 is 0 Å². The molecule has 0 radical (unpaired) electrons. The van der Waals surface area contributed by atoms with Gasteiger partial charge in [0.1, 0.15) is 0 Å². The molecule has 4 aliphatic rings. The fraction of sp³-hybridized carbons (Fsp3) is 0.950. The van der Waals surface area contributed by atoms with Crippen LogP contribution < -0.4 is 5.32 Å². The highest BCUT2D eigenvalue weighted by Gasteiger charge is 2.66. The number of hydrogen-bond donors (Lipinski definition) is 1. The molecule has 2 saturated carbocycles. The standard InChI is InChI=1S/C20H35N3O2.HI/c1-3-21-19(23(2)11-5-15-6-12-24-13-7-15)22-17-16-8-14-25-18(16)20(17)9-4-10-20;/h15-18H,3-14H2,1-2H3,(H,21,22);1H. The first-order valence-corrected chi connectivity index (χ1v) is 10.5. The molecule has 0 bridgehead atoms. The second-order valence-corrected chi connectivity index (χ2v) is 8.52. The number of nitrogens with zero attached hydrogens (tertiary/aromatic N) is 2. The normalized spacial score (nSPS) is 33.0. The molecule has 1 N–H and O–H groups in total. The summed E-state index contributed by atoms with van der Waals surface area (Å²) >= 11 is 0. The summed E-state index contributed by atoms with van der Waals surface area (Å²) in [5.74, 6) is 2.62. The lowest BCUT2D eigenvalue weighted by molar-refractivity contribution is -0.171. The topological polar surface area (TPSA) is 46.1 Å². The highest BCUT2D eigenvalue weighted by Crippen LogP contribution is 2.62. The third-order valence-corrected chi connectivity index (χ3v) is 7.20. The third-order valence-electron chi connectivity index (χ3n) is 7.20. The van der Waals surface area contributed by atoms with Crippen molar-refractivity contribution in [1.82, 2.24) is 10.2 Å². The van der Waals surface area contributed by atoms with E-state index in [1.54, 1.807) is 0 Å². The quantitative estimate of drug-likeness (QED) is 0.375. The molecule has 4 rings (SSSR count). The summed E-state index contributed by atoms with van der Waals surface area (Å²) in [7, 11) is 2.20. The van der Waals surface area contributed by atoms with Crippen LogP contribution in [-0.4, -0.2) is 63.0 Å². The van der Waals surface area contributed by atoms with Crippen molar-refractivity contribution in [3.63, 3.8) is 0 Å². The molecule has 6 heteroatoms. The van der Waals surface area contributed by atoms with Crippen LogP contribution in [-0.2, 0) is 9.47 Å². The molecule has 0 aromatic rings. The number of guanidine groups is 1. The highest BCUT2D eigenvalue weighted by molar-refractivity contribution is 14.0. The van der Waals surface area contributed by atoms with Crippen LogP contribution in [0.2, 0.25) is 0 Å². The molecule has 2 aliphatic carbocycles. The highest BCUT2D eigenvalue weighted by atomic mass is 127. The summed E-state index contributed by atoms with van der Waals surface area (Å²) in [6, 6.07) is 0.574. The van der Waals surface area contributed by atoms with Crippen molar-refractivity contribution in [3.8, 4) is 0 Å². The molecule has 2 aliphatic heterocycles. The number of nitrogens with one attached hydrogen (secondary N) is 1. The van der Waals surface area contributed by atoms with Crippen LogP contribution in [0.4, 0.5) is 0 Å². The van der Waals surface area contributed by atoms with E-state index >= 15 is 0 Å². The maximum Gasteiger partial charge on any atom is 0.193 e. The Morgan fingerprint density at radius 2 is 1.96 bits per heavy atom. The maximum atomic E-state index is 6.06. The van der Waals surface area contributed by atoms with Gasteiger partial charge < -0.3 is 19.7 Å². The van der Waals surface area contributed by atoms with E-state index in [-0.39, 0.29) is 24.0 Å². The molecule has 1 spiro atoms. The molecule has 5 nitrogen and oxygen atoms in total. The lowest BCUT2D eigenvalue weighted by Gasteiger charge is -2.63. The Balaban J connectivity index is 0.00000196. The van der Waals surface area contributed by atoms with E-state index in [4.69, 9.17) is 14.5 Å². The Labute approximate surface area is 175 Å². The minimum absolute atomic E-state index is 0. The van der Waals surface area contributed by atoms with Gasteiger partial charge in [0.2, 0.25) is 0 Å². The number of ether oxygens (including phenoxy) is 2. The average Bonchev–Trinajstić information content (AvgIpc) is 3.01. The van der Waals surface area contributed by atoms with Crippen molar-refractivity contribution in [2.24, 2.45) is 22.2 Å². The number of aliphatic imine (C=N–C) groups is 1. The minimum Gasteiger partial charge on any atom is -0.381 e. The van der Waals surface area contributed by atoms with Gasteiger partial charge in [-0.3, -0.25) is 4.99 Å². The van der Waals surface area contributed by atoms with Gasteiger partial charge in [0.05, 0.1) is 6.10 Å². The Kier molecular flexibility index (Phi) is 7.11. The molecule has 0 amide bonds. The van der Waals surface area contributed by atoms with E-state index in [2.05, 4.69) is 24.2 Å². The lowest BCUT2D eigenvalue weighted by atomic mass is 9.46. The van der Waals surface area contributed by atoms with Gasteiger partial charge >= 0.3 is 0 Å². The number of fused-ring (bicyclic) bond motifs is 2. The van der Waals surface area contributed by atoms with Gasteiger partial charge in [-0.15, -0.1) is 24.0 Å². The average molecular weight is 477 g/mol. The van der Waals surface area contributed by atoms with Crippen molar-refractivity contribution < 1.29 is 9.47 Å². The molecule has 2 heterocycles. The fourth-order valence-corrected chi connectivity index (χ4v) is 5.54. The van der Waals surface area contributed by atoms with Gasteiger partial charge in [-0.1, -0.05) is 6.42 Å². The van der Waals surface area contributed by atoms with E-state index in [0.29, 0.717) is 23.5 Å². The van der Waals surface area contributed by atoms with Crippen LogP contribution in [0.1, 0.15) is 51.9 Å². The second kappa shape index (κ2) is 8.95. The van der Waals surface area contributed by atoms with E-state index in [1.807, 2.05) is 0 Å². The molecular weight excluding hydrogens is 441 g/mol. The van der Waals surface area contributed by atoms with Crippen LogP contribution in [0.25, 0.3) is 0 Å². The fourth-order valence-electron chi connectivity index (χ4n) is 5.54. The summed E-state index contributed by atoms with van der Waals surface area (Å²) in [6.45, 7) is 6.89. The van der Waals surface area contributed by atoms with Gasteiger partial charge in [-0.2, -0.15) is 0 Å². The van der Waals surface area contributed by atoms with Gasteiger partial charge in [-0.05, 0) is 51.4 Å². The zero-order valence-corrected chi connectivity index (χ0v) is 18.7. The van der Waals surface area contributed by atoms with E-state index in [0.717, 1.165) is 44.8 Å². The van der Waals surface area contributed by atoms with Gasteiger partial charge in [0, 0.05) is 57.3 Å². The number of halogens is 1. The molecule has 3 unspecified atom stereocenters. The molecule has 0 aromatic carbocycles. The Morgan fingerprint density at radius 3 is 2.62 bits per heavy atom. The number of hydrogen-bond acceptors (Lipinski definition) is 3. The van der Waals surface area contributed by atoms with Crippen LogP contribution in [0, 0.1) is 17.3 Å². The van der Waals surface area contributed by atoms with Crippen molar-refractivity contribution in [2.75, 3.05) is 40.0 Å². The Bertz CT molecular complexity index is 491. The molecular formula is C20H36IN3O2. The van der Waals surface area contributed by atoms with Crippen molar-refractivity contribution in [1.29, 1.82) is 0 Å². The first-order valence-electron chi connectivity index (χ1n) is 10.5. The summed E-state index contributed by atoms with van der Waals surface area (Å²) < 4.78 is 11.6. The second-order valence-electron chi connectivity index (χ2n) is 8.52. The van der Waals surface area contributed by atoms with Gasteiger partial charge in [-0.25, -0.2) is 0 Å². The molecule has 0 aromatic heterocycles. The van der Waals surface area contributed by atoms with Crippen LogP contribution in [0.5, 0.6) is 0 Å². The number of rotatable bonds is 5. The molecule has 150 valence electrons. The monoisotopic (exact) mass is 477 g/mol. The molecule has 3 atom stereocenters. The Morgan fingerprint density at radius 1 is 1.19 bits per heavy atom. The van der Waals surface area contributed by atoms with Crippen LogP contribution in [0.15, 0.2) is 4.99 Å². The minimum atomic E-state index is 0. The van der Waals surface area contributed by atoms with Crippen molar-refractivity contribution in [2.45, 2.75) is 64.0 Å². The third kappa shape index (κ3) is 3.75. The molecule has 26 heavy (non-hydrogen) atoms. The zero-order valence-electron chi connectivity index (χ0n) is 16.4. The van der Waals surface area contributed by atoms with Gasteiger partial charge in [0.15, 0.2) is 5.96 Å². The van der Waals surface area contributed by atoms with Crippen LogP contribution in [0.3, 0.4) is 0 Å². The van der Waals surface area contributed by atoms with E-state index in [1.165, 1.54) is 44.9 Å². The lowest BCUT2D eigenvalue weighted by Crippen LogP contribution is -2.72. The SMILES string of the molecule is CCN=C(NC1C2CCOC2C12CCC2)N(C)CCC1CCOCC1.I. The smallest absolute Gasteiger partial charge is 0.193 e. The Hall–Kier alpha value is -0.0800. The first-order chi connectivity index (χ1) is 12.2. The molecule has 4 fully saturated rings. The molecule has 2 saturated heterocycles. The summed E-state index contributed by atoms with van der Waals surface area (Å²) in [5, 5.41) is 3.88. The summed E-state index contributed by atoms with van der Waals surface area (Å²) in [4.78, 5) is 7.17.